The van der Waals surface area contributed by atoms with Crippen molar-refractivity contribution < 1.29 is 14.6 Å². The Morgan fingerprint density at radius 1 is 1.26 bits per heavy atom. The van der Waals surface area contributed by atoms with Gasteiger partial charge < -0.3 is 14.6 Å². The standard InChI is InChI=1S/C16H24O3/c1-11-7-8-15(12(2)17)16(9-11)19-14-6-4-5-13(10-14)18-3/h7-9,12-14,17H,4-6,10H2,1-3H3/t12-,13?,14?/m0/s1. The molecule has 1 aromatic rings. The zero-order valence-corrected chi connectivity index (χ0v) is 12.1. The summed E-state index contributed by atoms with van der Waals surface area (Å²) in [5.74, 6) is 0.816. The van der Waals surface area contributed by atoms with Crippen LogP contribution in [-0.2, 0) is 4.74 Å². The molecule has 106 valence electrons. The average molecular weight is 264 g/mol. The minimum atomic E-state index is -0.502. The summed E-state index contributed by atoms with van der Waals surface area (Å²) in [6, 6.07) is 5.97. The molecule has 0 bridgehead atoms. The molecule has 1 saturated carbocycles. The van der Waals surface area contributed by atoms with E-state index in [9.17, 15) is 5.11 Å². The molecule has 3 heteroatoms. The summed E-state index contributed by atoms with van der Waals surface area (Å²) in [7, 11) is 1.76. The SMILES string of the molecule is COC1CCCC(Oc2cc(C)ccc2[C@H](C)O)C1. The number of aryl methyl sites for hydroxylation is 1. The highest BCUT2D eigenvalue weighted by molar-refractivity contribution is 5.38. The van der Waals surface area contributed by atoms with Crippen LogP contribution < -0.4 is 4.74 Å². The van der Waals surface area contributed by atoms with Gasteiger partial charge in [0.15, 0.2) is 0 Å². The molecular formula is C16H24O3. The summed E-state index contributed by atoms with van der Waals surface area (Å²) < 4.78 is 11.6. The third kappa shape index (κ3) is 3.71. The predicted octanol–water partition coefficient (Wildman–Crippen LogP) is 3.38. The first kappa shape index (κ1) is 14.4. The van der Waals surface area contributed by atoms with Gasteiger partial charge in [0, 0.05) is 19.1 Å². The quantitative estimate of drug-likeness (QED) is 0.906. The molecule has 1 fully saturated rings. The third-order valence-electron chi connectivity index (χ3n) is 3.82. The lowest BCUT2D eigenvalue weighted by atomic mass is 9.94. The predicted molar refractivity (Wildman–Crippen MR) is 75.5 cm³/mol. The van der Waals surface area contributed by atoms with Gasteiger partial charge in [-0.3, -0.25) is 0 Å². The van der Waals surface area contributed by atoms with Crippen molar-refractivity contribution in [2.24, 2.45) is 0 Å². The molecule has 1 aliphatic carbocycles. The van der Waals surface area contributed by atoms with E-state index in [-0.39, 0.29) is 6.10 Å². The lowest BCUT2D eigenvalue weighted by molar-refractivity contribution is 0.0199. The lowest BCUT2D eigenvalue weighted by Gasteiger charge is -2.29. The van der Waals surface area contributed by atoms with E-state index in [0.717, 1.165) is 42.6 Å². The summed E-state index contributed by atoms with van der Waals surface area (Å²) in [4.78, 5) is 0. The second-order valence-electron chi connectivity index (χ2n) is 5.48. The lowest BCUT2D eigenvalue weighted by Crippen LogP contribution is -2.29. The number of rotatable bonds is 4. The average Bonchev–Trinajstić information content (AvgIpc) is 2.38. The molecular weight excluding hydrogens is 240 g/mol. The molecule has 0 spiro atoms. The van der Waals surface area contributed by atoms with Crippen molar-refractivity contribution in [3.63, 3.8) is 0 Å². The van der Waals surface area contributed by atoms with Crippen LogP contribution in [0.15, 0.2) is 18.2 Å². The first-order valence-corrected chi connectivity index (χ1v) is 7.08. The van der Waals surface area contributed by atoms with Crippen molar-refractivity contribution in [1.29, 1.82) is 0 Å². The van der Waals surface area contributed by atoms with Crippen LogP contribution in [0.25, 0.3) is 0 Å². The molecule has 0 aromatic heterocycles. The van der Waals surface area contributed by atoms with Crippen molar-refractivity contribution >= 4 is 0 Å². The maximum atomic E-state index is 9.82. The van der Waals surface area contributed by atoms with Crippen molar-refractivity contribution in [2.45, 2.75) is 57.8 Å². The van der Waals surface area contributed by atoms with E-state index in [2.05, 4.69) is 0 Å². The highest BCUT2D eigenvalue weighted by atomic mass is 16.5. The Kier molecular flexibility index (Phi) is 4.83. The van der Waals surface area contributed by atoms with Gasteiger partial charge in [-0.15, -0.1) is 0 Å². The molecule has 1 N–H and O–H groups in total. The molecule has 2 unspecified atom stereocenters. The topological polar surface area (TPSA) is 38.7 Å². The van der Waals surface area contributed by atoms with E-state index in [1.54, 1.807) is 14.0 Å². The van der Waals surface area contributed by atoms with E-state index in [0.29, 0.717) is 6.10 Å². The van der Waals surface area contributed by atoms with Gasteiger partial charge in [-0.2, -0.15) is 0 Å². The highest BCUT2D eigenvalue weighted by Crippen LogP contribution is 2.31. The summed E-state index contributed by atoms with van der Waals surface area (Å²) in [6.45, 7) is 3.81. The van der Waals surface area contributed by atoms with E-state index >= 15 is 0 Å². The highest BCUT2D eigenvalue weighted by Gasteiger charge is 2.24. The molecule has 0 heterocycles. The number of benzene rings is 1. The Hall–Kier alpha value is -1.06. The van der Waals surface area contributed by atoms with E-state index in [4.69, 9.17) is 9.47 Å². The fourth-order valence-electron chi connectivity index (χ4n) is 2.69. The molecule has 1 aromatic carbocycles. The summed E-state index contributed by atoms with van der Waals surface area (Å²) in [5, 5.41) is 9.82. The molecule has 0 radical (unpaired) electrons. The third-order valence-corrected chi connectivity index (χ3v) is 3.82. The number of hydrogen-bond acceptors (Lipinski definition) is 3. The van der Waals surface area contributed by atoms with Crippen LogP contribution in [0, 0.1) is 6.92 Å². The Labute approximate surface area is 115 Å². The van der Waals surface area contributed by atoms with Gasteiger partial charge in [-0.25, -0.2) is 0 Å². The second kappa shape index (κ2) is 6.40. The molecule has 0 aliphatic heterocycles. The zero-order chi connectivity index (χ0) is 13.8. The minimum Gasteiger partial charge on any atom is -0.490 e. The molecule has 0 amide bonds. The Morgan fingerprint density at radius 2 is 2.00 bits per heavy atom. The van der Waals surface area contributed by atoms with Crippen LogP contribution >= 0.6 is 0 Å². The van der Waals surface area contributed by atoms with Crippen molar-refractivity contribution in [1.82, 2.24) is 0 Å². The van der Waals surface area contributed by atoms with Crippen LogP contribution in [0.2, 0.25) is 0 Å². The van der Waals surface area contributed by atoms with E-state index < -0.39 is 6.10 Å². The van der Waals surface area contributed by atoms with Crippen molar-refractivity contribution in [2.75, 3.05) is 7.11 Å². The molecule has 0 saturated heterocycles. The number of hydrogen-bond donors (Lipinski definition) is 1. The maximum absolute atomic E-state index is 9.82. The van der Waals surface area contributed by atoms with Gasteiger partial charge in [0.2, 0.25) is 0 Å². The Bertz CT molecular complexity index is 414. The van der Waals surface area contributed by atoms with Crippen molar-refractivity contribution in [3.8, 4) is 5.75 Å². The molecule has 3 atom stereocenters. The molecule has 3 nitrogen and oxygen atoms in total. The molecule has 2 rings (SSSR count). The fraction of sp³-hybridized carbons (Fsp3) is 0.625. The largest absolute Gasteiger partial charge is 0.490 e. The van der Waals surface area contributed by atoms with Gasteiger partial charge in [0.25, 0.3) is 0 Å². The molecule has 1 aliphatic rings. The van der Waals surface area contributed by atoms with Crippen LogP contribution in [0.4, 0.5) is 0 Å². The maximum Gasteiger partial charge on any atom is 0.125 e. The summed E-state index contributed by atoms with van der Waals surface area (Å²) in [5.41, 5.74) is 2.02. The van der Waals surface area contributed by atoms with E-state index in [1.807, 2.05) is 25.1 Å². The number of ether oxygens (including phenoxy) is 2. The second-order valence-corrected chi connectivity index (χ2v) is 5.48. The van der Waals surface area contributed by atoms with Gasteiger partial charge in [-0.1, -0.05) is 12.1 Å². The van der Waals surface area contributed by atoms with Gasteiger partial charge >= 0.3 is 0 Å². The Morgan fingerprint density at radius 3 is 2.68 bits per heavy atom. The van der Waals surface area contributed by atoms with E-state index in [1.165, 1.54) is 0 Å². The normalized spacial score (nSPS) is 25.1. The minimum absolute atomic E-state index is 0.193. The smallest absolute Gasteiger partial charge is 0.125 e. The van der Waals surface area contributed by atoms with Crippen LogP contribution in [0.1, 0.15) is 49.8 Å². The number of aliphatic hydroxyl groups excluding tert-OH is 1. The van der Waals surface area contributed by atoms with Crippen molar-refractivity contribution in [3.05, 3.63) is 29.3 Å². The van der Waals surface area contributed by atoms with Gasteiger partial charge in [-0.05, 0) is 44.7 Å². The van der Waals surface area contributed by atoms with Crippen LogP contribution in [-0.4, -0.2) is 24.4 Å². The Balaban J connectivity index is 2.11. The monoisotopic (exact) mass is 264 g/mol. The first-order chi connectivity index (χ1) is 9.10. The number of aliphatic hydroxyl groups is 1. The van der Waals surface area contributed by atoms with Crippen LogP contribution in [0.3, 0.4) is 0 Å². The fourth-order valence-corrected chi connectivity index (χ4v) is 2.69. The summed E-state index contributed by atoms with van der Waals surface area (Å²) >= 11 is 0. The zero-order valence-electron chi connectivity index (χ0n) is 12.1. The van der Waals surface area contributed by atoms with Crippen LogP contribution in [0.5, 0.6) is 5.75 Å². The first-order valence-electron chi connectivity index (χ1n) is 7.08. The van der Waals surface area contributed by atoms with Gasteiger partial charge in [0.05, 0.1) is 12.2 Å². The summed E-state index contributed by atoms with van der Waals surface area (Å²) in [6.07, 6.45) is 4.25. The van der Waals surface area contributed by atoms with Gasteiger partial charge in [0.1, 0.15) is 11.9 Å². The number of methoxy groups -OCH3 is 1. The molecule has 19 heavy (non-hydrogen) atoms.